The molecule has 0 saturated heterocycles. The summed E-state index contributed by atoms with van der Waals surface area (Å²) in [6, 6.07) is 0.578. The number of thioether (sulfide) groups is 1. The fourth-order valence-electron chi connectivity index (χ4n) is 2.27. The Morgan fingerprint density at radius 1 is 1.40 bits per heavy atom. The summed E-state index contributed by atoms with van der Waals surface area (Å²) in [5.41, 5.74) is 0. The molecule has 1 N–H and O–H groups in total. The lowest BCUT2D eigenvalue weighted by Gasteiger charge is -2.12. The second kappa shape index (κ2) is 5.76. The van der Waals surface area contributed by atoms with Gasteiger partial charge in [0.05, 0.1) is 5.25 Å². The minimum atomic E-state index is -0.115. The molecule has 0 spiro atoms. The molecule has 6 heteroatoms. The van der Waals surface area contributed by atoms with Gasteiger partial charge in [0.15, 0.2) is 5.16 Å². The molecule has 0 radical (unpaired) electrons. The number of aromatic nitrogens is 3. The number of nitrogens with zero attached hydrogens (tertiary/aromatic N) is 3. The van der Waals surface area contributed by atoms with Gasteiger partial charge in [-0.05, 0) is 39.0 Å². The Morgan fingerprint density at radius 2 is 2.15 bits per heavy atom. The zero-order chi connectivity index (χ0) is 14.1. The predicted octanol–water partition coefficient (Wildman–Crippen LogP) is 2.50. The van der Waals surface area contributed by atoms with Crippen LogP contribution in [0.15, 0.2) is 5.16 Å². The van der Waals surface area contributed by atoms with Crippen LogP contribution < -0.4 is 5.32 Å². The normalized spacial score (nSPS) is 19.9. The van der Waals surface area contributed by atoms with Crippen molar-refractivity contribution in [1.82, 2.24) is 20.1 Å². The summed E-state index contributed by atoms with van der Waals surface area (Å²) in [6.45, 7) is 4.74. The molecular weight excluding hydrogens is 272 g/mol. The standard InChI is InChI=1S/C14H22N4OS/c1-3-8-15-13(19)9(2)20-14-17-16-12(10-4-5-10)18(14)11-6-7-11/h9-11H,3-8H2,1-2H3,(H,15,19). The number of carbonyl (C=O) groups excluding carboxylic acids is 1. The summed E-state index contributed by atoms with van der Waals surface area (Å²) in [7, 11) is 0. The molecule has 0 bridgehead atoms. The summed E-state index contributed by atoms with van der Waals surface area (Å²) < 4.78 is 2.30. The number of hydrogen-bond donors (Lipinski definition) is 1. The Hall–Kier alpha value is -1.04. The maximum Gasteiger partial charge on any atom is 0.233 e. The van der Waals surface area contributed by atoms with E-state index in [0.717, 1.165) is 23.9 Å². The third-order valence-corrected chi connectivity index (χ3v) is 4.80. The van der Waals surface area contributed by atoms with Crippen LogP contribution in [-0.4, -0.2) is 32.5 Å². The lowest BCUT2D eigenvalue weighted by Crippen LogP contribution is -2.31. The molecule has 2 aliphatic rings. The molecule has 1 aromatic heterocycles. The molecule has 1 aromatic rings. The second-order valence-corrected chi connectivity index (χ2v) is 7.08. The molecule has 0 aliphatic heterocycles. The Morgan fingerprint density at radius 3 is 2.75 bits per heavy atom. The zero-order valence-corrected chi connectivity index (χ0v) is 12.9. The molecule has 110 valence electrons. The molecule has 2 saturated carbocycles. The highest BCUT2D eigenvalue weighted by Crippen LogP contribution is 2.46. The van der Waals surface area contributed by atoms with Crippen molar-refractivity contribution in [3.8, 4) is 0 Å². The number of rotatable bonds is 7. The summed E-state index contributed by atoms with van der Waals surface area (Å²) in [5.74, 6) is 1.85. The van der Waals surface area contributed by atoms with Gasteiger partial charge in [0.25, 0.3) is 0 Å². The molecule has 1 heterocycles. The molecule has 3 rings (SSSR count). The largest absolute Gasteiger partial charge is 0.355 e. The molecule has 20 heavy (non-hydrogen) atoms. The molecule has 1 atom stereocenters. The average Bonchev–Trinajstić information content (AvgIpc) is 3.35. The highest BCUT2D eigenvalue weighted by atomic mass is 32.2. The van der Waals surface area contributed by atoms with Crippen LogP contribution in [0.2, 0.25) is 0 Å². The summed E-state index contributed by atoms with van der Waals surface area (Å²) in [5, 5.41) is 12.5. The van der Waals surface area contributed by atoms with Crippen molar-refractivity contribution in [2.24, 2.45) is 0 Å². The SMILES string of the molecule is CCCNC(=O)C(C)Sc1nnc(C2CC2)n1C1CC1. The first-order valence-electron chi connectivity index (χ1n) is 7.59. The van der Waals surface area contributed by atoms with E-state index >= 15 is 0 Å². The first-order chi connectivity index (χ1) is 9.70. The van der Waals surface area contributed by atoms with Crippen molar-refractivity contribution in [2.75, 3.05) is 6.54 Å². The van der Waals surface area contributed by atoms with Gasteiger partial charge in [0.2, 0.25) is 5.91 Å². The van der Waals surface area contributed by atoms with Crippen LogP contribution in [0.1, 0.15) is 63.7 Å². The summed E-state index contributed by atoms with van der Waals surface area (Å²) in [6.07, 6.45) is 5.89. The number of nitrogens with one attached hydrogen (secondary N) is 1. The van der Waals surface area contributed by atoms with Gasteiger partial charge in [0.1, 0.15) is 5.82 Å². The summed E-state index contributed by atoms with van der Waals surface area (Å²) in [4.78, 5) is 12.0. The van der Waals surface area contributed by atoms with Gasteiger partial charge in [0, 0.05) is 18.5 Å². The van der Waals surface area contributed by atoms with Gasteiger partial charge >= 0.3 is 0 Å². The van der Waals surface area contributed by atoms with Gasteiger partial charge in [-0.25, -0.2) is 0 Å². The van der Waals surface area contributed by atoms with Crippen molar-refractivity contribution in [1.29, 1.82) is 0 Å². The van der Waals surface area contributed by atoms with Crippen molar-refractivity contribution in [3.63, 3.8) is 0 Å². The molecule has 0 aromatic carbocycles. The van der Waals surface area contributed by atoms with E-state index in [0.29, 0.717) is 12.0 Å². The van der Waals surface area contributed by atoms with E-state index in [4.69, 9.17) is 0 Å². The van der Waals surface area contributed by atoms with E-state index in [-0.39, 0.29) is 11.2 Å². The molecular formula is C14H22N4OS. The van der Waals surface area contributed by atoms with E-state index in [9.17, 15) is 4.79 Å². The van der Waals surface area contributed by atoms with Crippen LogP contribution in [0.5, 0.6) is 0 Å². The highest BCUT2D eigenvalue weighted by Gasteiger charge is 2.36. The fourth-order valence-corrected chi connectivity index (χ4v) is 3.22. The van der Waals surface area contributed by atoms with E-state index < -0.39 is 0 Å². The third kappa shape index (κ3) is 3.00. The molecule has 2 aliphatic carbocycles. The van der Waals surface area contributed by atoms with Crippen LogP contribution >= 0.6 is 11.8 Å². The van der Waals surface area contributed by atoms with Crippen molar-refractivity contribution >= 4 is 17.7 Å². The lowest BCUT2D eigenvalue weighted by atomic mass is 10.4. The Kier molecular flexibility index (Phi) is 4.01. The quantitative estimate of drug-likeness (QED) is 0.785. The maximum absolute atomic E-state index is 12.0. The molecule has 5 nitrogen and oxygen atoms in total. The molecule has 1 unspecified atom stereocenters. The number of carbonyl (C=O) groups is 1. The third-order valence-electron chi connectivity index (χ3n) is 3.75. The highest BCUT2D eigenvalue weighted by molar-refractivity contribution is 8.00. The van der Waals surface area contributed by atoms with E-state index in [2.05, 4.69) is 27.0 Å². The van der Waals surface area contributed by atoms with Crippen LogP contribution in [0.25, 0.3) is 0 Å². The van der Waals surface area contributed by atoms with Gasteiger partial charge in [-0.2, -0.15) is 0 Å². The smallest absolute Gasteiger partial charge is 0.233 e. The van der Waals surface area contributed by atoms with E-state index in [1.807, 2.05) is 6.92 Å². The Bertz CT molecular complexity index is 493. The van der Waals surface area contributed by atoms with E-state index in [1.165, 1.54) is 25.7 Å². The second-order valence-electron chi connectivity index (χ2n) is 5.77. The monoisotopic (exact) mass is 294 g/mol. The van der Waals surface area contributed by atoms with Gasteiger partial charge in [-0.1, -0.05) is 18.7 Å². The predicted molar refractivity (Wildman–Crippen MR) is 78.9 cm³/mol. The van der Waals surface area contributed by atoms with Crippen molar-refractivity contribution in [3.05, 3.63) is 5.82 Å². The average molecular weight is 294 g/mol. The number of hydrogen-bond acceptors (Lipinski definition) is 4. The van der Waals surface area contributed by atoms with Crippen LogP contribution in [0, 0.1) is 0 Å². The molecule has 1 amide bonds. The maximum atomic E-state index is 12.0. The van der Waals surface area contributed by atoms with Crippen molar-refractivity contribution in [2.45, 2.75) is 68.3 Å². The Labute approximate surface area is 123 Å². The zero-order valence-electron chi connectivity index (χ0n) is 12.1. The minimum Gasteiger partial charge on any atom is -0.355 e. The van der Waals surface area contributed by atoms with Gasteiger partial charge in [-0.3, -0.25) is 4.79 Å². The fraction of sp³-hybridized carbons (Fsp3) is 0.786. The van der Waals surface area contributed by atoms with Gasteiger partial charge < -0.3 is 9.88 Å². The van der Waals surface area contributed by atoms with Gasteiger partial charge in [-0.15, -0.1) is 10.2 Å². The van der Waals surface area contributed by atoms with Crippen LogP contribution in [0.3, 0.4) is 0 Å². The summed E-state index contributed by atoms with van der Waals surface area (Å²) >= 11 is 1.54. The van der Waals surface area contributed by atoms with E-state index in [1.54, 1.807) is 11.8 Å². The lowest BCUT2D eigenvalue weighted by molar-refractivity contribution is -0.120. The Balaban J connectivity index is 1.69. The first kappa shape index (κ1) is 13.9. The van der Waals surface area contributed by atoms with Crippen LogP contribution in [0.4, 0.5) is 0 Å². The van der Waals surface area contributed by atoms with Crippen molar-refractivity contribution < 1.29 is 4.79 Å². The van der Waals surface area contributed by atoms with Crippen LogP contribution in [-0.2, 0) is 4.79 Å². The number of amides is 1. The topological polar surface area (TPSA) is 59.8 Å². The molecule has 2 fully saturated rings. The first-order valence-corrected chi connectivity index (χ1v) is 8.47. The minimum absolute atomic E-state index is 0.0927.